The molecule has 2 aromatic heterocycles. The largest absolute Gasteiger partial charge is 0.367 e. The topological polar surface area (TPSA) is 69.9 Å². The Bertz CT molecular complexity index is 728. The van der Waals surface area contributed by atoms with Crippen molar-refractivity contribution in [1.29, 1.82) is 0 Å². The Labute approximate surface area is 117 Å². The summed E-state index contributed by atoms with van der Waals surface area (Å²) in [6.07, 6.45) is 2.78. The summed E-state index contributed by atoms with van der Waals surface area (Å²) in [5, 5.41) is 8.57. The number of benzene rings is 1. The van der Waals surface area contributed by atoms with Crippen LogP contribution in [0.25, 0.3) is 22.4 Å². The van der Waals surface area contributed by atoms with Crippen LogP contribution in [0.2, 0.25) is 0 Å². The van der Waals surface area contributed by atoms with Gasteiger partial charge in [-0.2, -0.15) is 5.10 Å². The molecule has 0 aliphatic rings. The Kier molecular flexibility index (Phi) is 3.02. The van der Waals surface area contributed by atoms with Gasteiger partial charge in [0.25, 0.3) is 0 Å². The maximum absolute atomic E-state index is 5.95. The summed E-state index contributed by atoms with van der Waals surface area (Å²) in [5.41, 5.74) is 10.5. The van der Waals surface area contributed by atoms with Crippen LogP contribution in [-0.4, -0.2) is 14.9 Å². The van der Waals surface area contributed by atoms with Gasteiger partial charge in [-0.1, -0.05) is 42.4 Å². The SMILES string of the molecule is CCc1nn(C)cc1-c1noc(N)c1-c1ccccc1. The second kappa shape index (κ2) is 4.85. The number of anilines is 1. The zero-order valence-corrected chi connectivity index (χ0v) is 11.5. The van der Waals surface area contributed by atoms with E-state index in [-0.39, 0.29) is 0 Å². The van der Waals surface area contributed by atoms with Gasteiger partial charge in [0.2, 0.25) is 5.88 Å². The smallest absolute Gasteiger partial charge is 0.230 e. The standard InChI is InChI=1S/C15H16N4O/c1-3-12-11(9-19(2)17-12)14-13(15(16)20-18-14)10-7-5-4-6-8-10/h4-9H,3,16H2,1-2H3. The van der Waals surface area contributed by atoms with Gasteiger partial charge in [-0.3, -0.25) is 4.68 Å². The van der Waals surface area contributed by atoms with Crippen LogP contribution in [0.5, 0.6) is 0 Å². The van der Waals surface area contributed by atoms with Crippen LogP contribution in [0.4, 0.5) is 5.88 Å². The third kappa shape index (κ3) is 1.97. The number of hydrogen-bond donors (Lipinski definition) is 1. The molecule has 0 saturated carbocycles. The molecule has 5 nitrogen and oxygen atoms in total. The first-order valence-electron chi connectivity index (χ1n) is 6.54. The van der Waals surface area contributed by atoms with E-state index >= 15 is 0 Å². The molecule has 0 bridgehead atoms. The highest BCUT2D eigenvalue weighted by Crippen LogP contribution is 2.37. The minimum atomic E-state index is 0.331. The van der Waals surface area contributed by atoms with Gasteiger partial charge in [-0.25, -0.2) is 0 Å². The Morgan fingerprint density at radius 1 is 1.25 bits per heavy atom. The molecule has 0 aliphatic carbocycles. The lowest BCUT2D eigenvalue weighted by atomic mass is 10.0. The molecule has 3 rings (SSSR count). The Morgan fingerprint density at radius 2 is 2.00 bits per heavy atom. The average Bonchev–Trinajstić information content (AvgIpc) is 3.02. The van der Waals surface area contributed by atoms with Crippen LogP contribution < -0.4 is 5.73 Å². The van der Waals surface area contributed by atoms with Crippen molar-refractivity contribution in [2.75, 3.05) is 5.73 Å². The third-order valence-corrected chi connectivity index (χ3v) is 3.28. The number of hydrogen-bond acceptors (Lipinski definition) is 4. The van der Waals surface area contributed by atoms with Crippen molar-refractivity contribution >= 4 is 5.88 Å². The first kappa shape index (κ1) is 12.5. The summed E-state index contributed by atoms with van der Waals surface area (Å²) >= 11 is 0. The molecular formula is C15H16N4O. The molecular weight excluding hydrogens is 252 g/mol. The molecule has 2 N–H and O–H groups in total. The number of aromatic nitrogens is 3. The van der Waals surface area contributed by atoms with E-state index in [2.05, 4.69) is 17.2 Å². The molecule has 0 fully saturated rings. The van der Waals surface area contributed by atoms with Crippen LogP contribution in [0.1, 0.15) is 12.6 Å². The number of rotatable bonds is 3. The van der Waals surface area contributed by atoms with Gasteiger partial charge >= 0.3 is 0 Å². The molecule has 1 aromatic carbocycles. The quantitative estimate of drug-likeness (QED) is 0.793. The Hall–Kier alpha value is -2.56. The van der Waals surface area contributed by atoms with E-state index in [1.165, 1.54) is 0 Å². The lowest BCUT2D eigenvalue weighted by Gasteiger charge is -2.02. The average molecular weight is 268 g/mol. The minimum Gasteiger partial charge on any atom is -0.367 e. The molecule has 0 saturated heterocycles. The predicted octanol–water partition coefficient (Wildman–Crippen LogP) is 2.89. The second-order valence-corrected chi connectivity index (χ2v) is 4.65. The Balaban J connectivity index is 2.21. The molecule has 0 unspecified atom stereocenters. The molecule has 0 amide bonds. The van der Waals surface area contributed by atoms with Gasteiger partial charge in [0.1, 0.15) is 5.69 Å². The van der Waals surface area contributed by atoms with E-state index in [0.717, 1.165) is 34.5 Å². The third-order valence-electron chi connectivity index (χ3n) is 3.28. The van der Waals surface area contributed by atoms with E-state index in [1.54, 1.807) is 4.68 Å². The maximum Gasteiger partial charge on any atom is 0.230 e. The van der Waals surface area contributed by atoms with Crippen molar-refractivity contribution in [2.24, 2.45) is 7.05 Å². The molecule has 0 radical (unpaired) electrons. The fourth-order valence-electron chi connectivity index (χ4n) is 2.36. The predicted molar refractivity (Wildman–Crippen MR) is 77.9 cm³/mol. The normalized spacial score (nSPS) is 10.9. The molecule has 2 heterocycles. The van der Waals surface area contributed by atoms with Gasteiger partial charge in [-0.05, 0) is 12.0 Å². The summed E-state index contributed by atoms with van der Waals surface area (Å²) in [7, 11) is 1.90. The summed E-state index contributed by atoms with van der Waals surface area (Å²) in [6.45, 7) is 2.07. The molecule has 5 heteroatoms. The van der Waals surface area contributed by atoms with E-state index in [0.29, 0.717) is 5.88 Å². The van der Waals surface area contributed by atoms with E-state index < -0.39 is 0 Å². The number of nitrogen functional groups attached to an aromatic ring is 1. The van der Waals surface area contributed by atoms with Crippen molar-refractivity contribution in [3.8, 4) is 22.4 Å². The van der Waals surface area contributed by atoms with Crippen molar-refractivity contribution < 1.29 is 4.52 Å². The van der Waals surface area contributed by atoms with E-state index in [4.69, 9.17) is 10.3 Å². The monoisotopic (exact) mass is 268 g/mol. The van der Waals surface area contributed by atoms with Gasteiger partial charge in [0.05, 0.1) is 11.3 Å². The summed E-state index contributed by atoms with van der Waals surface area (Å²) in [5.74, 6) is 0.331. The van der Waals surface area contributed by atoms with Crippen LogP contribution in [0.3, 0.4) is 0 Å². The first-order chi connectivity index (χ1) is 9.70. The van der Waals surface area contributed by atoms with E-state index in [1.807, 2.05) is 43.6 Å². The zero-order valence-electron chi connectivity index (χ0n) is 11.5. The van der Waals surface area contributed by atoms with Crippen molar-refractivity contribution in [3.05, 3.63) is 42.2 Å². The van der Waals surface area contributed by atoms with Crippen molar-refractivity contribution in [1.82, 2.24) is 14.9 Å². The zero-order chi connectivity index (χ0) is 14.1. The van der Waals surface area contributed by atoms with Gasteiger partial charge in [-0.15, -0.1) is 0 Å². The van der Waals surface area contributed by atoms with Gasteiger partial charge < -0.3 is 10.3 Å². The van der Waals surface area contributed by atoms with Crippen LogP contribution in [-0.2, 0) is 13.5 Å². The highest BCUT2D eigenvalue weighted by atomic mass is 16.5. The fraction of sp³-hybridized carbons (Fsp3) is 0.200. The number of aryl methyl sites for hydroxylation is 2. The summed E-state index contributed by atoms with van der Waals surface area (Å²) in [4.78, 5) is 0. The molecule has 0 aliphatic heterocycles. The second-order valence-electron chi connectivity index (χ2n) is 4.65. The summed E-state index contributed by atoms with van der Waals surface area (Å²) in [6, 6.07) is 9.89. The van der Waals surface area contributed by atoms with Crippen LogP contribution in [0.15, 0.2) is 41.1 Å². The summed E-state index contributed by atoms with van der Waals surface area (Å²) < 4.78 is 6.99. The van der Waals surface area contributed by atoms with Crippen LogP contribution >= 0.6 is 0 Å². The molecule has 0 atom stereocenters. The molecule has 0 spiro atoms. The van der Waals surface area contributed by atoms with Gasteiger partial charge in [0, 0.05) is 18.8 Å². The molecule has 20 heavy (non-hydrogen) atoms. The van der Waals surface area contributed by atoms with Crippen LogP contribution in [0, 0.1) is 0 Å². The number of nitrogens with two attached hydrogens (primary N) is 1. The lowest BCUT2D eigenvalue weighted by molar-refractivity contribution is 0.439. The van der Waals surface area contributed by atoms with Crippen molar-refractivity contribution in [3.63, 3.8) is 0 Å². The fourth-order valence-corrected chi connectivity index (χ4v) is 2.36. The lowest BCUT2D eigenvalue weighted by Crippen LogP contribution is -1.90. The molecule has 102 valence electrons. The van der Waals surface area contributed by atoms with E-state index in [9.17, 15) is 0 Å². The minimum absolute atomic E-state index is 0.331. The highest BCUT2D eigenvalue weighted by molar-refractivity contribution is 5.87. The molecule has 3 aromatic rings. The first-order valence-corrected chi connectivity index (χ1v) is 6.54. The van der Waals surface area contributed by atoms with Gasteiger partial charge in [0.15, 0.2) is 0 Å². The maximum atomic E-state index is 5.95. The number of nitrogens with zero attached hydrogens (tertiary/aromatic N) is 3. The highest BCUT2D eigenvalue weighted by Gasteiger charge is 2.21. The van der Waals surface area contributed by atoms with Crippen molar-refractivity contribution in [2.45, 2.75) is 13.3 Å². The Morgan fingerprint density at radius 3 is 2.70 bits per heavy atom.